The summed E-state index contributed by atoms with van der Waals surface area (Å²) in [6.07, 6.45) is 42.9. The van der Waals surface area contributed by atoms with Crippen molar-refractivity contribution in [3.63, 3.8) is 0 Å². The van der Waals surface area contributed by atoms with Crippen LogP contribution in [-0.2, 0) is 0 Å². The van der Waals surface area contributed by atoms with Gasteiger partial charge in [-0.2, -0.15) is 0 Å². The van der Waals surface area contributed by atoms with Gasteiger partial charge < -0.3 is 5.11 Å². The van der Waals surface area contributed by atoms with Crippen LogP contribution in [0.25, 0.3) is 0 Å². The third-order valence-electron chi connectivity index (χ3n) is 8.16. The highest BCUT2D eigenvalue weighted by atomic mass is 16.2. The topological polar surface area (TPSA) is 20.2 Å². The van der Waals surface area contributed by atoms with E-state index in [1.165, 1.54) is 186 Å². The third-order valence-corrected chi connectivity index (χ3v) is 8.16. The van der Waals surface area contributed by atoms with Crippen LogP contribution in [0.5, 0.6) is 0 Å². The van der Waals surface area contributed by atoms with Gasteiger partial charge in [-0.25, -0.2) is 0 Å². The average molecular weight is 495 g/mol. The number of aliphatic hydroxyl groups excluding tert-OH is 1. The Morgan fingerprint density at radius 2 is 0.571 bits per heavy atom. The molecule has 35 heavy (non-hydrogen) atoms. The van der Waals surface area contributed by atoms with Crippen LogP contribution in [0.3, 0.4) is 0 Å². The summed E-state index contributed by atoms with van der Waals surface area (Å²) in [6, 6.07) is 0. The molecule has 0 saturated carbocycles. The van der Waals surface area contributed by atoms with Gasteiger partial charge >= 0.3 is 0 Å². The van der Waals surface area contributed by atoms with Crippen molar-refractivity contribution in [3.05, 3.63) is 0 Å². The van der Waals surface area contributed by atoms with Crippen molar-refractivity contribution < 1.29 is 5.11 Å². The van der Waals surface area contributed by atoms with Crippen molar-refractivity contribution >= 4 is 0 Å². The van der Waals surface area contributed by atoms with Crippen LogP contribution < -0.4 is 0 Å². The largest absolute Gasteiger partial charge is 0.396 e. The summed E-state index contributed by atoms with van der Waals surface area (Å²) >= 11 is 0. The smallest absolute Gasteiger partial charge is 0.0431 e. The van der Waals surface area contributed by atoms with E-state index in [1.807, 2.05) is 0 Å². The van der Waals surface area contributed by atoms with Crippen LogP contribution in [-0.4, -0.2) is 11.7 Å². The number of hydrogen-bond donors (Lipinski definition) is 1. The highest BCUT2D eigenvalue weighted by Crippen LogP contribution is 2.19. The van der Waals surface area contributed by atoms with Crippen molar-refractivity contribution in [1.82, 2.24) is 0 Å². The van der Waals surface area contributed by atoms with Crippen molar-refractivity contribution in [2.45, 2.75) is 206 Å². The van der Waals surface area contributed by atoms with Crippen molar-refractivity contribution in [2.75, 3.05) is 6.61 Å². The third kappa shape index (κ3) is 31.9. The second kappa shape index (κ2) is 32.0. The lowest BCUT2D eigenvalue weighted by Crippen LogP contribution is -1.95. The Morgan fingerprint density at radius 3 is 0.829 bits per heavy atom. The minimum Gasteiger partial charge on any atom is -0.396 e. The average Bonchev–Trinajstić information content (AvgIpc) is 2.86. The summed E-state index contributed by atoms with van der Waals surface area (Å²) in [6.45, 7) is 5.17. The second-order valence-electron chi connectivity index (χ2n) is 12.0. The molecule has 0 saturated heterocycles. The molecule has 0 aliphatic heterocycles. The molecule has 1 atom stereocenters. The summed E-state index contributed by atoms with van der Waals surface area (Å²) < 4.78 is 0. The molecule has 0 amide bonds. The van der Waals surface area contributed by atoms with Gasteiger partial charge in [-0.05, 0) is 12.3 Å². The van der Waals surface area contributed by atoms with Crippen molar-refractivity contribution in [2.24, 2.45) is 5.92 Å². The molecular formula is C34H70O. The summed E-state index contributed by atoms with van der Waals surface area (Å²) in [5, 5.41) is 8.79. The Bertz CT molecular complexity index is 352. The molecule has 0 aliphatic carbocycles. The molecule has 0 bridgehead atoms. The second-order valence-corrected chi connectivity index (χ2v) is 12.0. The zero-order valence-electron chi connectivity index (χ0n) is 24.9. The van der Waals surface area contributed by atoms with Gasteiger partial charge in [-0.1, -0.05) is 200 Å². The molecule has 0 fully saturated rings. The van der Waals surface area contributed by atoms with E-state index in [2.05, 4.69) is 13.8 Å². The monoisotopic (exact) mass is 495 g/mol. The van der Waals surface area contributed by atoms with E-state index >= 15 is 0 Å². The van der Waals surface area contributed by atoms with Gasteiger partial charge in [0.1, 0.15) is 0 Å². The van der Waals surface area contributed by atoms with Gasteiger partial charge in [-0.15, -0.1) is 0 Å². The molecule has 1 nitrogen and oxygen atoms in total. The van der Waals surface area contributed by atoms with Crippen molar-refractivity contribution in [1.29, 1.82) is 0 Å². The van der Waals surface area contributed by atoms with E-state index < -0.39 is 0 Å². The van der Waals surface area contributed by atoms with Crippen LogP contribution in [0.4, 0.5) is 0 Å². The lowest BCUT2D eigenvalue weighted by Gasteiger charge is -2.11. The van der Waals surface area contributed by atoms with E-state index in [0.717, 1.165) is 12.3 Å². The van der Waals surface area contributed by atoms with Gasteiger partial charge in [0, 0.05) is 6.61 Å². The highest BCUT2D eigenvalue weighted by Gasteiger charge is 2.02. The molecule has 0 heterocycles. The Hall–Kier alpha value is -0.0400. The highest BCUT2D eigenvalue weighted by molar-refractivity contribution is 4.56. The molecule has 0 radical (unpaired) electrons. The molecule has 0 spiro atoms. The summed E-state index contributed by atoms with van der Waals surface area (Å²) in [5.41, 5.74) is 0. The lowest BCUT2D eigenvalue weighted by molar-refractivity contribution is 0.282. The lowest BCUT2D eigenvalue weighted by atomic mass is 9.95. The minimum atomic E-state index is 0.373. The van der Waals surface area contributed by atoms with E-state index in [-0.39, 0.29) is 0 Å². The van der Waals surface area contributed by atoms with Gasteiger partial charge in [0.25, 0.3) is 0 Å². The van der Waals surface area contributed by atoms with Crippen LogP contribution in [0.2, 0.25) is 0 Å². The Balaban J connectivity index is 3.13. The molecule has 0 aliphatic rings. The summed E-state index contributed by atoms with van der Waals surface area (Å²) in [5.74, 6) is 0.951. The van der Waals surface area contributed by atoms with Crippen LogP contribution >= 0.6 is 0 Å². The summed E-state index contributed by atoms with van der Waals surface area (Å²) in [7, 11) is 0. The maximum Gasteiger partial charge on any atom is 0.0431 e. The van der Waals surface area contributed by atoms with E-state index in [0.29, 0.717) is 6.61 Å². The van der Waals surface area contributed by atoms with Gasteiger partial charge in [0.2, 0.25) is 0 Å². The fourth-order valence-electron chi connectivity index (χ4n) is 5.56. The fourth-order valence-corrected chi connectivity index (χ4v) is 5.56. The molecule has 1 heteroatoms. The SMILES string of the molecule is CCCCCCCCCCCCCCCCCCC(C)CCCCCCCCCCCCCCO. The van der Waals surface area contributed by atoms with E-state index in [4.69, 9.17) is 5.11 Å². The van der Waals surface area contributed by atoms with E-state index in [9.17, 15) is 0 Å². The standard InChI is InChI=1S/C34H70O/c1-3-4-5-6-7-8-9-10-11-12-13-16-19-22-25-28-31-34(2)32-29-26-23-20-17-14-15-18-21-24-27-30-33-35/h34-35H,3-33H2,1-2H3. The van der Waals surface area contributed by atoms with Crippen LogP contribution in [0.15, 0.2) is 0 Å². The first-order valence-electron chi connectivity index (χ1n) is 16.9. The van der Waals surface area contributed by atoms with Gasteiger partial charge in [0.15, 0.2) is 0 Å². The van der Waals surface area contributed by atoms with Gasteiger partial charge in [0.05, 0.1) is 0 Å². The molecule has 1 N–H and O–H groups in total. The molecule has 0 aromatic carbocycles. The Kier molecular flexibility index (Phi) is 32.0. The maximum atomic E-state index is 8.79. The minimum absolute atomic E-state index is 0.373. The first-order chi connectivity index (χ1) is 17.3. The first-order valence-corrected chi connectivity index (χ1v) is 16.9. The molecule has 0 rings (SSSR count). The number of unbranched alkanes of at least 4 members (excludes halogenated alkanes) is 26. The van der Waals surface area contributed by atoms with Gasteiger partial charge in [-0.3, -0.25) is 0 Å². The number of rotatable bonds is 31. The molecular weight excluding hydrogens is 424 g/mol. The normalized spacial score (nSPS) is 12.4. The maximum absolute atomic E-state index is 8.79. The predicted octanol–water partition coefficient (Wildman–Crippen LogP) is 12.3. The number of hydrogen-bond acceptors (Lipinski definition) is 1. The predicted molar refractivity (Wildman–Crippen MR) is 160 cm³/mol. The molecule has 0 aromatic rings. The number of aliphatic hydroxyl groups is 1. The van der Waals surface area contributed by atoms with Crippen LogP contribution in [0, 0.1) is 5.92 Å². The molecule has 1 unspecified atom stereocenters. The Labute approximate surface area is 224 Å². The molecule has 0 aromatic heterocycles. The first kappa shape index (κ1) is 35.0. The van der Waals surface area contributed by atoms with Crippen LogP contribution in [0.1, 0.15) is 206 Å². The Morgan fingerprint density at radius 1 is 0.343 bits per heavy atom. The quantitative estimate of drug-likeness (QED) is 0.0950. The fraction of sp³-hybridized carbons (Fsp3) is 1.00. The summed E-state index contributed by atoms with van der Waals surface area (Å²) in [4.78, 5) is 0. The van der Waals surface area contributed by atoms with Crippen molar-refractivity contribution in [3.8, 4) is 0 Å². The van der Waals surface area contributed by atoms with E-state index in [1.54, 1.807) is 0 Å². The zero-order valence-corrected chi connectivity index (χ0v) is 24.9. The molecule has 212 valence electrons. The zero-order chi connectivity index (χ0) is 25.5.